The van der Waals surface area contributed by atoms with Gasteiger partial charge >= 0.3 is 11.7 Å². The van der Waals surface area contributed by atoms with Crippen LogP contribution in [0, 0.1) is 13.8 Å². The van der Waals surface area contributed by atoms with Crippen molar-refractivity contribution >= 4 is 28.0 Å². The minimum Gasteiger partial charge on any atom is -0.481 e. The van der Waals surface area contributed by atoms with E-state index < -0.39 is 12.0 Å². The molecule has 0 fully saturated rings. The number of nitrogens with zero attached hydrogens (tertiary/aromatic N) is 3. The quantitative estimate of drug-likeness (QED) is 0.339. The van der Waals surface area contributed by atoms with Crippen LogP contribution in [-0.4, -0.2) is 37.3 Å². The van der Waals surface area contributed by atoms with E-state index in [1.54, 1.807) is 10.6 Å². The molecule has 184 valence electrons. The van der Waals surface area contributed by atoms with E-state index in [0.29, 0.717) is 17.0 Å². The molecule has 0 amide bonds. The summed E-state index contributed by atoms with van der Waals surface area (Å²) in [5.41, 5.74) is 5.66. The van der Waals surface area contributed by atoms with E-state index in [2.05, 4.69) is 35.9 Å². The van der Waals surface area contributed by atoms with Gasteiger partial charge in [0.1, 0.15) is 0 Å². The van der Waals surface area contributed by atoms with E-state index in [4.69, 9.17) is 4.74 Å². The van der Waals surface area contributed by atoms with Crippen LogP contribution in [-0.2, 0) is 4.79 Å². The Kier molecular flexibility index (Phi) is 5.88. The Morgan fingerprint density at radius 3 is 2.56 bits per heavy atom. The monoisotopic (exact) mass is 484 g/mol. The third-order valence-electron chi connectivity index (χ3n) is 6.79. The van der Waals surface area contributed by atoms with E-state index in [9.17, 15) is 14.7 Å². The number of ether oxygens (including phenoxy) is 1. The van der Waals surface area contributed by atoms with E-state index in [1.165, 1.54) is 11.7 Å². The van der Waals surface area contributed by atoms with Gasteiger partial charge in [0.05, 0.1) is 31.1 Å². The topological polar surface area (TPSA) is 102 Å². The van der Waals surface area contributed by atoms with E-state index in [1.807, 2.05) is 49.5 Å². The Morgan fingerprint density at radius 2 is 1.86 bits per heavy atom. The highest BCUT2D eigenvalue weighted by Crippen LogP contribution is 2.33. The molecule has 3 aromatic heterocycles. The minimum atomic E-state index is -1.00. The van der Waals surface area contributed by atoms with Crippen molar-refractivity contribution in [2.24, 2.45) is 0 Å². The van der Waals surface area contributed by atoms with Crippen LogP contribution in [0.1, 0.15) is 47.7 Å². The number of imidazole rings is 1. The summed E-state index contributed by atoms with van der Waals surface area (Å²) in [7, 11) is 1.51. The molecular weight excluding hydrogens is 456 g/mol. The minimum absolute atomic E-state index is 0.262. The lowest BCUT2D eigenvalue weighted by Crippen LogP contribution is -2.31. The predicted octanol–water partition coefficient (Wildman–Crippen LogP) is 4.98. The lowest BCUT2D eigenvalue weighted by Gasteiger charge is -2.17. The number of aromatic nitrogens is 4. The molecular formula is C28H28N4O4. The predicted molar refractivity (Wildman–Crippen MR) is 139 cm³/mol. The molecule has 0 saturated carbocycles. The molecule has 2 unspecified atom stereocenters. The Labute approximate surface area is 207 Å². The molecule has 0 saturated heterocycles. The van der Waals surface area contributed by atoms with Gasteiger partial charge in [-0.25, -0.2) is 4.79 Å². The molecule has 8 heteroatoms. The van der Waals surface area contributed by atoms with E-state index in [-0.39, 0.29) is 18.2 Å². The number of methoxy groups -OCH3 is 1. The Balaban J connectivity index is 1.79. The molecule has 2 aromatic carbocycles. The molecule has 5 aromatic rings. The number of pyridine rings is 1. The number of fused-ring (bicyclic) bond motifs is 2. The normalized spacial score (nSPS) is 13.2. The molecule has 0 bridgehead atoms. The van der Waals surface area contributed by atoms with Gasteiger partial charge in [0.15, 0.2) is 5.65 Å². The van der Waals surface area contributed by atoms with Crippen LogP contribution in [0.5, 0.6) is 5.88 Å². The fraction of sp³-hybridized carbons (Fsp3) is 0.250. The Hall–Kier alpha value is -4.33. The third kappa shape index (κ3) is 3.84. The van der Waals surface area contributed by atoms with Crippen molar-refractivity contribution < 1.29 is 14.6 Å². The average Bonchev–Trinajstić information content (AvgIpc) is 3.40. The smallest absolute Gasteiger partial charge is 0.331 e. The van der Waals surface area contributed by atoms with Crippen LogP contribution in [0.4, 0.5) is 0 Å². The van der Waals surface area contributed by atoms with Gasteiger partial charge in [0.25, 0.3) is 0 Å². The third-order valence-corrected chi connectivity index (χ3v) is 6.79. The van der Waals surface area contributed by atoms with Crippen LogP contribution in [0.2, 0.25) is 0 Å². The summed E-state index contributed by atoms with van der Waals surface area (Å²) < 4.78 is 8.54. The lowest BCUT2D eigenvalue weighted by atomic mass is 10.0. The second-order valence-electron chi connectivity index (χ2n) is 9.17. The number of aryl methyl sites for hydroxylation is 2. The zero-order valence-electron chi connectivity index (χ0n) is 20.6. The van der Waals surface area contributed by atoms with Crippen LogP contribution in [0.3, 0.4) is 0 Å². The van der Waals surface area contributed by atoms with Gasteiger partial charge in [-0.3, -0.25) is 13.9 Å². The molecule has 3 heterocycles. The first-order valence-corrected chi connectivity index (χ1v) is 11.8. The Morgan fingerprint density at radius 1 is 1.11 bits per heavy atom. The zero-order chi connectivity index (χ0) is 25.6. The number of hydrogen-bond donors (Lipinski definition) is 2. The first-order chi connectivity index (χ1) is 17.3. The summed E-state index contributed by atoms with van der Waals surface area (Å²) in [5, 5.41) is 10.8. The average molecular weight is 485 g/mol. The van der Waals surface area contributed by atoms with Crippen molar-refractivity contribution in [1.29, 1.82) is 0 Å². The van der Waals surface area contributed by atoms with Crippen molar-refractivity contribution in [3.63, 3.8) is 0 Å². The number of benzene rings is 2. The lowest BCUT2D eigenvalue weighted by molar-refractivity contribution is -0.137. The number of hydrogen-bond acceptors (Lipinski definition) is 4. The molecule has 2 atom stereocenters. The molecule has 36 heavy (non-hydrogen) atoms. The van der Waals surface area contributed by atoms with Gasteiger partial charge in [-0.1, -0.05) is 36.4 Å². The number of nitrogens with one attached hydrogen (secondary N) is 1. The van der Waals surface area contributed by atoms with Crippen LogP contribution in [0.25, 0.3) is 22.1 Å². The number of aromatic amines is 1. The van der Waals surface area contributed by atoms with Crippen molar-refractivity contribution in [2.75, 3.05) is 7.11 Å². The summed E-state index contributed by atoms with van der Waals surface area (Å²) in [4.78, 5) is 34.0. The second-order valence-corrected chi connectivity index (χ2v) is 9.17. The molecule has 0 aliphatic heterocycles. The second kappa shape index (κ2) is 9.03. The van der Waals surface area contributed by atoms with Gasteiger partial charge < -0.3 is 14.8 Å². The van der Waals surface area contributed by atoms with Crippen LogP contribution >= 0.6 is 0 Å². The Bertz CT molecular complexity index is 1650. The van der Waals surface area contributed by atoms with Gasteiger partial charge in [-0.2, -0.15) is 4.98 Å². The van der Waals surface area contributed by atoms with Crippen molar-refractivity contribution in [1.82, 2.24) is 19.1 Å². The van der Waals surface area contributed by atoms with Crippen molar-refractivity contribution in [3.8, 4) is 5.88 Å². The molecule has 0 aliphatic carbocycles. The number of H-pyrrole nitrogens is 1. The van der Waals surface area contributed by atoms with Crippen LogP contribution < -0.4 is 10.4 Å². The highest BCUT2D eigenvalue weighted by molar-refractivity contribution is 5.88. The van der Waals surface area contributed by atoms with Crippen molar-refractivity contribution in [3.05, 3.63) is 93.5 Å². The maximum Gasteiger partial charge on any atom is 0.331 e. The van der Waals surface area contributed by atoms with Gasteiger partial charge in [-0.05, 0) is 49.6 Å². The number of rotatable bonds is 7. The summed E-state index contributed by atoms with van der Waals surface area (Å²) in [6.45, 7) is 6.10. The van der Waals surface area contributed by atoms with Gasteiger partial charge in [0, 0.05) is 28.7 Å². The number of aliphatic carboxylic acids is 1. The van der Waals surface area contributed by atoms with Gasteiger partial charge in [0.2, 0.25) is 5.88 Å². The fourth-order valence-electron chi connectivity index (χ4n) is 5.23. The zero-order valence-corrected chi connectivity index (χ0v) is 20.6. The summed E-state index contributed by atoms with van der Waals surface area (Å²) in [5.74, 6) is -0.656. The SMILES string of the molecule is COc1ccc2c(n1)n(C(CC(=O)O)c1ccccc1)c(=O)n2C(C)c1c[nH]c2cc(C)cc(C)c12. The van der Waals surface area contributed by atoms with Gasteiger partial charge in [-0.15, -0.1) is 0 Å². The standard InChI is InChI=1S/C28H28N4O4/c1-16-12-17(2)26-20(15-29-21(26)13-16)18(3)31-22-10-11-24(36-4)30-27(22)32(28(31)35)23(14-25(33)34)19-8-6-5-7-9-19/h5-13,15,18,23,29H,14H2,1-4H3,(H,33,34). The van der Waals surface area contributed by atoms with E-state index >= 15 is 0 Å². The summed E-state index contributed by atoms with van der Waals surface area (Å²) >= 11 is 0. The fourth-order valence-corrected chi connectivity index (χ4v) is 5.23. The summed E-state index contributed by atoms with van der Waals surface area (Å²) in [6, 6.07) is 15.9. The highest BCUT2D eigenvalue weighted by Gasteiger charge is 2.28. The summed E-state index contributed by atoms with van der Waals surface area (Å²) in [6.07, 6.45) is 1.68. The number of carboxylic acids is 1. The molecule has 2 N–H and O–H groups in total. The maximum absolute atomic E-state index is 14.1. The van der Waals surface area contributed by atoms with Crippen molar-refractivity contribution in [2.45, 2.75) is 39.3 Å². The molecule has 8 nitrogen and oxygen atoms in total. The highest BCUT2D eigenvalue weighted by atomic mass is 16.5. The maximum atomic E-state index is 14.1. The molecule has 0 spiro atoms. The van der Waals surface area contributed by atoms with Crippen LogP contribution in [0.15, 0.2) is 65.6 Å². The molecule has 5 rings (SSSR count). The first kappa shape index (κ1) is 23.4. The van der Waals surface area contributed by atoms with E-state index in [0.717, 1.165) is 33.2 Å². The number of carbonyl (C=O) groups is 1. The first-order valence-electron chi connectivity index (χ1n) is 11.8. The number of carboxylic acid groups (broad SMARTS) is 1. The molecule has 0 radical (unpaired) electrons. The molecule has 0 aliphatic rings. The largest absolute Gasteiger partial charge is 0.481 e.